The summed E-state index contributed by atoms with van der Waals surface area (Å²) < 4.78 is 5.87. The highest BCUT2D eigenvalue weighted by Gasteiger charge is 2.14. The second kappa shape index (κ2) is 5.63. The van der Waals surface area contributed by atoms with Crippen molar-refractivity contribution in [2.24, 2.45) is 5.73 Å². The molecule has 21 heavy (non-hydrogen) atoms. The Bertz CT molecular complexity index is 789. The molecule has 0 aliphatic carbocycles. The molecule has 0 saturated heterocycles. The first-order valence-corrected chi connectivity index (χ1v) is 7.68. The van der Waals surface area contributed by atoms with E-state index in [1.165, 1.54) is 11.3 Å². The number of esters is 1. The van der Waals surface area contributed by atoms with Gasteiger partial charge in [0.05, 0.1) is 15.1 Å². The molecule has 0 saturated carbocycles. The number of thiophene rings is 1. The Hall–Kier alpha value is -2.25. The molecule has 0 aliphatic rings. The Morgan fingerprint density at radius 2 is 1.95 bits per heavy atom. The molecule has 0 bridgehead atoms. The minimum Gasteiger partial charge on any atom is -0.451 e. The number of primary amides is 1. The van der Waals surface area contributed by atoms with Crippen molar-refractivity contribution < 1.29 is 14.3 Å². The van der Waals surface area contributed by atoms with Crippen LogP contribution in [0, 0.1) is 0 Å². The number of nitrogens with two attached hydrogens (primary N) is 1. The molecule has 2 heterocycles. The van der Waals surface area contributed by atoms with Crippen molar-refractivity contribution >= 4 is 44.8 Å². The van der Waals surface area contributed by atoms with Gasteiger partial charge in [-0.3, -0.25) is 4.79 Å². The summed E-state index contributed by atoms with van der Waals surface area (Å²) in [6.45, 7) is -0.410. The number of carbonyl (C=O) groups excluding carboxylic acids is 2. The van der Waals surface area contributed by atoms with Crippen molar-refractivity contribution in [2.45, 2.75) is 0 Å². The Morgan fingerprint density at radius 1 is 1.14 bits per heavy atom. The summed E-state index contributed by atoms with van der Waals surface area (Å²) >= 11 is 2.85. The molecular weight excluding hydrogens is 308 g/mol. The van der Waals surface area contributed by atoms with Crippen LogP contribution in [0.3, 0.4) is 0 Å². The zero-order valence-corrected chi connectivity index (χ0v) is 12.4. The van der Waals surface area contributed by atoms with E-state index in [1.54, 1.807) is 17.4 Å². The van der Waals surface area contributed by atoms with Crippen molar-refractivity contribution in [2.75, 3.05) is 6.61 Å². The molecule has 0 spiro atoms. The molecule has 0 radical (unpaired) electrons. The number of benzene rings is 1. The van der Waals surface area contributed by atoms with Crippen LogP contribution in [0.25, 0.3) is 20.1 Å². The summed E-state index contributed by atoms with van der Waals surface area (Å²) in [5.41, 5.74) is 5.87. The first-order chi connectivity index (χ1) is 10.1. The topological polar surface area (TPSA) is 82.3 Å². The Balaban J connectivity index is 1.84. The summed E-state index contributed by atoms with van der Waals surface area (Å²) in [6, 6.07) is 11.3. The van der Waals surface area contributed by atoms with Crippen LogP contribution in [0.1, 0.15) is 9.67 Å². The lowest BCUT2D eigenvalue weighted by Gasteiger charge is -1.98. The van der Waals surface area contributed by atoms with Crippen molar-refractivity contribution in [3.05, 3.63) is 41.3 Å². The van der Waals surface area contributed by atoms with Crippen molar-refractivity contribution in [3.63, 3.8) is 0 Å². The number of fused-ring (bicyclic) bond motifs is 1. The molecule has 5 nitrogen and oxygen atoms in total. The molecule has 7 heteroatoms. The highest BCUT2D eigenvalue weighted by molar-refractivity contribution is 7.26. The van der Waals surface area contributed by atoms with Gasteiger partial charge in [0.25, 0.3) is 5.91 Å². The van der Waals surface area contributed by atoms with E-state index >= 15 is 0 Å². The summed E-state index contributed by atoms with van der Waals surface area (Å²) in [5.74, 6) is -1.22. The second-order valence-electron chi connectivity index (χ2n) is 4.19. The second-order valence-corrected chi connectivity index (χ2v) is 6.31. The molecule has 0 unspecified atom stereocenters. The van der Waals surface area contributed by atoms with Gasteiger partial charge in [0.2, 0.25) is 0 Å². The van der Waals surface area contributed by atoms with E-state index in [4.69, 9.17) is 10.5 Å². The van der Waals surface area contributed by atoms with E-state index in [-0.39, 0.29) is 0 Å². The number of hydrogen-bond acceptors (Lipinski definition) is 6. The smallest absolute Gasteiger partial charge is 0.348 e. The van der Waals surface area contributed by atoms with Crippen LogP contribution in [0.2, 0.25) is 0 Å². The first-order valence-electron chi connectivity index (χ1n) is 6.05. The van der Waals surface area contributed by atoms with Crippen LogP contribution in [0.4, 0.5) is 0 Å². The standard InChI is InChI=1S/C14H10N2O3S2/c15-12(17)7-19-14(18)11-6-5-10(20-11)13-16-8-3-1-2-4-9(8)21-13/h1-6H,7H2,(H2,15,17). The largest absolute Gasteiger partial charge is 0.451 e. The van der Waals surface area contributed by atoms with Crippen molar-refractivity contribution in [1.29, 1.82) is 0 Å². The lowest BCUT2D eigenvalue weighted by atomic mass is 10.3. The fourth-order valence-corrected chi connectivity index (χ4v) is 3.67. The molecule has 1 amide bonds. The lowest BCUT2D eigenvalue weighted by Crippen LogP contribution is -2.20. The van der Waals surface area contributed by atoms with E-state index in [9.17, 15) is 9.59 Å². The van der Waals surface area contributed by atoms with E-state index in [1.807, 2.05) is 30.3 Å². The Morgan fingerprint density at radius 3 is 2.71 bits per heavy atom. The predicted molar refractivity (Wildman–Crippen MR) is 82.4 cm³/mol. The third-order valence-electron chi connectivity index (χ3n) is 2.66. The SMILES string of the molecule is NC(=O)COC(=O)c1ccc(-c2nc3ccccc3s2)s1. The van der Waals surface area contributed by atoms with Gasteiger partial charge >= 0.3 is 5.97 Å². The van der Waals surface area contributed by atoms with Crippen LogP contribution in [0.5, 0.6) is 0 Å². The number of amides is 1. The van der Waals surface area contributed by atoms with Gasteiger partial charge in [-0.15, -0.1) is 22.7 Å². The predicted octanol–water partition coefficient (Wildman–Crippen LogP) is 2.67. The van der Waals surface area contributed by atoms with Gasteiger partial charge in [-0.05, 0) is 24.3 Å². The summed E-state index contributed by atoms with van der Waals surface area (Å²) in [7, 11) is 0. The molecule has 2 N–H and O–H groups in total. The maximum Gasteiger partial charge on any atom is 0.348 e. The maximum atomic E-state index is 11.7. The number of hydrogen-bond donors (Lipinski definition) is 1. The Kier molecular flexibility index (Phi) is 3.68. The fourth-order valence-electron chi connectivity index (χ4n) is 1.75. The molecule has 2 aromatic heterocycles. The van der Waals surface area contributed by atoms with Gasteiger partial charge in [-0.1, -0.05) is 12.1 Å². The van der Waals surface area contributed by atoms with Crippen LogP contribution >= 0.6 is 22.7 Å². The van der Waals surface area contributed by atoms with Gasteiger partial charge in [0.15, 0.2) is 6.61 Å². The number of nitrogens with zero attached hydrogens (tertiary/aromatic N) is 1. The minimum absolute atomic E-state index is 0.410. The zero-order chi connectivity index (χ0) is 14.8. The first kappa shape index (κ1) is 13.7. The van der Waals surface area contributed by atoms with Gasteiger partial charge in [-0.25, -0.2) is 9.78 Å². The third kappa shape index (κ3) is 2.93. The molecule has 0 fully saturated rings. The van der Waals surface area contributed by atoms with Gasteiger partial charge in [0, 0.05) is 0 Å². The Labute approximate surface area is 128 Å². The number of ether oxygens (including phenoxy) is 1. The van der Waals surface area contributed by atoms with Gasteiger partial charge in [0.1, 0.15) is 9.88 Å². The van der Waals surface area contributed by atoms with Crippen LogP contribution in [-0.2, 0) is 9.53 Å². The monoisotopic (exact) mass is 318 g/mol. The molecule has 3 aromatic rings. The third-order valence-corrected chi connectivity index (χ3v) is 4.93. The van der Waals surface area contributed by atoms with E-state index in [2.05, 4.69) is 4.98 Å². The number of thiazole rings is 1. The molecular formula is C14H10N2O3S2. The number of rotatable bonds is 4. The van der Waals surface area contributed by atoms with Crippen molar-refractivity contribution in [3.8, 4) is 9.88 Å². The minimum atomic E-state index is -0.675. The quantitative estimate of drug-likeness (QED) is 0.750. The van der Waals surface area contributed by atoms with Crippen molar-refractivity contribution in [1.82, 2.24) is 4.98 Å². The maximum absolute atomic E-state index is 11.7. The highest BCUT2D eigenvalue weighted by Crippen LogP contribution is 2.34. The number of para-hydroxylation sites is 1. The molecule has 1 aromatic carbocycles. The van der Waals surface area contributed by atoms with Crippen LogP contribution < -0.4 is 5.73 Å². The summed E-state index contributed by atoms with van der Waals surface area (Å²) in [6.07, 6.45) is 0. The number of carbonyl (C=O) groups is 2. The summed E-state index contributed by atoms with van der Waals surface area (Å²) in [5, 5.41) is 0.857. The van der Waals surface area contributed by atoms with Gasteiger partial charge in [-0.2, -0.15) is 0 Å². The van der Waals surface area contributed by atoms with Crippen LogP contribution in [0.15, 0.2) is 36.4 Å². The average Bonchev–Trinajstić information content (AvgIpc) is 3.10. The molecule has 3 rings (SSSR count). The zero-order valence-electron chi connectivity index (χ0n) is 10.7. The highest BCUT2D eigenvalue weighted by atomic mass is 32.1. The van der Waals surface area contributed by atoms with Gasteiger partial charge < -0.3 is 10.5 Å². The lowest BCUT2D eigenvalue weighted by molar-refractivity contribution is -0.121. The normalized spacial score (nSPS) is 10.7. The van der Waals surface area contributed by atoms with E-state index < -0.39 is 18.5 Å². The molecule has 0 aliphatic heterocycles. The molecule has 106 valence electrons. The molecule has 0 atom stereocenters. The number of aromatic nitrogens is 1. The summed E-state index contributed by atoms with van der Waals surface area (Å²) in [4.78, 5) is 28.2. The fraction of sp³-hybridized carbons (Fsp3) is 0.0714. The average molecular weight is 318 g/mol. The van der Waals surface area contributed by atoms with E-state index in [0.717, 1.165) is 20.1 Å². The van der Waals surface area contributed by atoms with E-state index in [0.29, 0.717) is 4.88 Å². The van der Waals surface area contributed by atoms with Crippen LogP contribution in [-0.4, -0.2) is 23.5 Å².